The van der Waals surface area contributed by atoms with Crippen LogP contribution in [0.1, 0.15) is 16.1 Å². The number of hydrogen-bond donors (Lipinski definition) is 3. The second-order valence-electron chi connectivity index (χ2n) is 4.68. The topological polar surface area (TPSA) is 119 Å². The zero-order valence-corrected chi connectivity index (χ0v) is 11.5. The third-order valence-corrected chi connectivity index (χ3v) is 3.05. The van der Waals surface area contributed by atoms with Gasteiger partial charge in [0.2, 0.25) is 0 Å². The van der Waals surface area contributed by atoms with Gasteiger partial charge >= 0.3 is 0 Å². The zero-order chi connectivity index (χ0) is 15.5. The first-order valence-electron chi connectivity index (χ1n) is 6.53. The van der Waals surface area contributed by atoms with Crippen LogP contribution in [0.5, 0.6) is 5.75 Å². The van der Waals surface area contributed by atoms with Crippen LogP contribution in [-0.4, -0.2) is 28.4 Å². The molecule has 0 radical (unpaired) electrons. The number of rotatable bonds is 3. The maximum atomic E-state index is 12.0. The van der Waals surface area contributed by atoms with Gasteiger partial charge in [0.25, 0.3) is 11.8 Å². The predicted molar refractivity (Wildman–Crippen MR) is 78.2 cm³/mol. The average Bonchev–Trinajstić information content (AvgIpc) is 2.52. The van der Waals surface area contributed by atoms with E-state index in [0.29, 0.717) is 11.4 Å². The molecule has 8 nitrogen and oxygen atoms in total. The molecule has 1 aromatic carbocycles. The van der Waals surface area contributed by atoms with Crippen molar-refractivity contribution in [2.24, 2.45) is 0 Å². The predicted octanol–water partition coefficient (Wildman–Crippen LogP) is 0.320. The minimum atomic E-state index is -0.355. The summed E-state index contributed by atoms with van der Waals surface area (Å²) in [4.78, 5) is 30.8. The molecule has 1 aliphatic heterocycles. The van der Waals surface area contributed by atoms with Gasteiger partial charge in [-0.2, -0.15) is 0 Å². The highest BCUT2D eigenvalue weighted by Crippen LogP contribution is 2.28. The first-order valence-corrected chi connectivity index (χ1v) is 6.53. The summed E-state index contributed by atoms with van der Waals surface area (Å²) in [5.74, 6) is 0.282. The van der Waals surface area contributed by atoms with Crippen molar-refractivity contribution < 1.29 is 14.3 Å². The Hall–Kier alpha value is -3.16. The van der Waals surface area contributed by atoms with Gasteiger partial charge in [-0.05, 0) is 17.7 Å². The summed E-state index contributed by atoms with van der Waals surface area (Å²) in [5.41, 5.74) is 7.12. The zero-order valence-electron chi connectivity index (χ0n) is 11.5. The van der Waals surface area contributed by atoms with Gasteiger partial charge in [0.05, 0.1) is 5.69 Å². The lowest BCUT2D eigenvalue weighted by Gasteiger charge is -2.18. The molecule has 3 rings (SSSR count). The molecule has 4 N–H and O–H groups in total. The van der Waals surface area contributed by atoms with Crippen LogP contribution in [-0.2, 0) is 11.3 Å². The number of nitrogens with zero attached hydrogens (tertiary/aromatic N) is 2. The smallest absolute Gasteiger partial charge is 0.270 e. The van der Waals surface area contributed by atoms with Gasteiger partial charge < -0.3 is 21.1 Å². The van der Waals surface area contributed by atoms with E-state index in [9.17, 15) is 9.59 Å². The third kappa shape index (κ3) is 2.95. The Kier molecular flexibility index (Phi) is 3.57. The van der Waals surface area contributed by atoms with E-state index in [1.165, 1.54) is 12.4 Å². The van der Waals surface area contributed by atoms with Crippen molar-refractivity contribution in [2.45, 2.75) is 6.54 Å². The van der Waals surface area contributed by atoms with Crippen molar-refractivity contribution in [1.29, 1.82) is 0 Å². The molecular formula is C14H13N5O3. The van der Waals surface area contributed by atoms with E-state index in [2.05, 4.69) is 20.6 Å². The van der Waals surface area contributed by atoms with E-state index in [1.807, 2.05) is 6.07 Å². The number of fused-ring (bicyclic) bond motifs is 1. The number of nitrogen functional groups attached to an aromatic ring is 1. The van der Waals surface area contributed by atoms with Crippen LogP contribution in [0, 0.1) is 0 Å². The Balaban J connectivity index is 1.68. The first kappa shape index (κ1) is 13.8. The van der Waals surface area contributed by atoms with Crippen molar-refractivity contribution in [1.82, 2.24) is 15.3 Å². The Bertz CT molecular complexity index is 747. The number of anilines is 2. The summed E-state index contributed by atoms with van der Waals surface area (Å²) in [6.07, 6.45) is 1.23. The number of nitrogens with two attached hydrogens (primary N) is 1. The van der Waals surface area contributed by atoms with Gasteiger partial charge in [-0.25, -0.2) is 9.97 Å². The van der Waals surface area contributed by atoms with Gasteiger partial charge in [-0.1, -0.05) is 6.07 Å². The SMILES string of the molecule is Nc1cc(C(=O)NCc2ccc3c(c2)NC(=O)CO3)ncn1. The molecule has 1 aromatic heterocycles. The number of carbonyl (C=O) groups excluding carboxylic acids is 2. The molecule has 22 heavy (non-hydrogen) atoms. The molecule has 0 bridgehead atoms. The van der Waals surface area contributed by atoms with E-state index in [4.69, 9.17) is 10.5 Å². The maximum Gasteiger partial charge on any atom is 0.270 e. The quantitative estimate of drug-likeness (QED) is 0.751. The molecule has 8 heteroatoms. The van der Waals surface area contributed by atoms with Crippen LogP contribution in [0.3, 0.4) is 0 Å². The van der Waals surface area contributed by atoms with Crippen LogP contribution in [0.15, 0.2) is 30.6 Å². The van der Waals surface area contributed by atoms with E-state index in [0.717, 1.165) is 5.56 Å². The molecular weight excluding hydrogens is 286 g/mol. The summed E-state index contributed by atoms with van der Waals surface area (Å²) in [6.45, 7) is 0.296. The molecule has 0 fully saturated rings. The van der Waals surface area contributed by atoms with Crippen molar-refractivity contribution in [2.75, 3.05) is 17.7 Å². The van der Waals surface area contributed by atoms with Crippen LogP contribution in [0.4, 0.5) is 11.5 Å². The van der Waals surface area contributed by atoms with E-state index >= 15 is 0 Å². The minimum Gasteiger partial charge on any atom is -0.482 e. The third-order valence-electron chi connectivity index (χ3n) is 3.05. The molecule has 0 aliphatic carbocycles. The number of nitrogens with one attached hydrogen (secondary N) is 2. The number of hydrogen-bond acceptors (Lipinski definition) is 6. The molecule has 0 saturated carbocycles. The summed E-state index contributed by atoms with van der Waals surface area (Å²) in [7, 11) is 0. The van der Waals surface area contributed by atoms with E-state index < -0.39 is 0 Å². The second-order valence-corrected chi connectivity index (χ2v) is 4.68. The molecule has 0 atom stereocenters. The number of ether oxygens (including phenoxy) is 1. The maximum absolute atomic E-state index is 12.0. The molecule has 2 heterocycles. The van der Waals surface area contributed by atoms with Gasteiger partial charge in [-0.15, -0.1) is 0 Å². The summed E-state index contributed by atoms with van der Waals surface area (Å²) in [6, 6.07) is 6.71. The lowest BCUT2D eigenvalue weighted by Crippen LogP contribution is -2.26. The highest BCUT2D eigenvalue weighted by molar-refractivity contribution is 5.95. The fraction of sp³-hybridized carbons (Fsp3) is 0.143. The van der Waals surface area contributed by atoms with Crippen molar-refractivity contribution in [3.05, 3.63) is 41.9 Å². The van der Waals surface area contributed by atoms with Gasteiger partial charge in [0.1, 0.15) is 23.6 Å². The Morgan fingerprint density at radius 3 is 3.05 bits per heavy atom. The Labute approximate surface area is 125 Å². The Morgan fingerprint density at radius 1 is 1.36 bits per heavy atom. The fourth-order valence-corrected chi connectivity index (χ4v) is 2.01. The summed E-state index contributed by atoms with van der Waals surface area (Å²) in [5, 5.41) is 5.44. The van der Waals surface area contributed by atoms with Crippen molar-refractivity contribution in [3.63, 3.8) is 0 Å². The van der Waals surface area contributed by atoms with Crippen LogP contribution in [0.25, 0.3) is 0 Å². The monoisotopic (exact) mass is 299 g/mol. The lowest BCUT2D eigenvalue weighted by molar-refractivity contribution is -0.118. The lowest BCUT2D eigenvalue weighted by atomic mass is 10.1. The van der Waals surface area contributed by atoms with Crippen molar-refractivity contribution in [3.8, 4) is 5.75 Å². The standard InChI is InChI=1S/C14H13N5O3/c15-12-4-10(17-7-18-12)14(21)16-5-8-1-2-11-9(3-8)19-13(20)6-22-11/h1-4,7H,5-6H2,(H,16,21)(H,19,20)(H2,15,17,18). The molecule has 1 aliphatic rings. The fourth-order valence-electron chi connectivity index (χ4n) is 2.01. The van der Waals surface area contributed by atoms with Gasteiger partial charge in [-0.3, -0.25) is 9.59 Å². The highest BCUT2D eigenvalue weighted by atomic mass is 16.5. The van der Waals surface area contributed by atoms with E-state index in [1.54, 1.807) is 12.1 Å². The number of amides is 2. The Morgan fingerprint density at radius 2 is 2.23 bits per heavy atom. The van der Waals surface area contributed by atoms with Crippen LogP contribution in [0.2, 0.25) is 0 Å². The van der Waals surface area contributed by atoms with Crippen molar-refractivity contribution >= 4 is 23.3 Å². The number of carbonyl (C=O) groups is 2. The largest absolute Gasteiger partial charge is 0.482 e. The molecule has 2 amide bonds. The summed E-state index contributed by atoms with van der Waals surface area (Å²) >= 11 is 0. The highest BCUT2D eigenvalue weighted by Gasteiger charge is 2.16. The first-order chi connectivity index (χ1) is 10.6. The van der Waals surface area contributed by atoms with Gasteiger partial charge in [0.15, 0.2) is 6.61 Å². The molecule has 0 spiro atoms. The molecule has 112 valence electrons. The number of benzene rings is 1. The van der Waals surface area contributed by atoms with Gasteiger partial charge in [0, 0.05) is 12.6 Å². The normalized spacial score (nSPS) is 12.8. The molecule has 0 unspecified atom stereocenters. The average molecular weight is 299 g/mol. The number of aromatic nitrogens is 2. The second kappa shape index (κ2) is 5.68. The summed E-state index contributed by atoms with van der Waals surface area (Å²) < 4.78 is 5.27. The van der Waals surface area contributed by atoms with Crippen LogP contribution < -0.4 is 21.1 Å². The minimum absolute atomic E-state index is 0.0121. The molecule has 2 aromatic rings. The van der Waals surface area contributed by atoms with Crippen LogP contribution >= 0.6 is 0 Å². The van der Waals surface area contributed by atoms with E-state index in [-0.39, 0.29) is 36.5 Å². The molecule has 0 saturated heterocycles.